The smallest absolute Gasteiger partial charge is 0.224 e. The average Bonchev–Trinajstić information content (AvgIpc) is 3.43. The largest absolute Gasteiger partial charge is 0.342 e. The number of aromatic nitrogens is 3. The SMILES string of the molecule is O=C1CCCN1CCC(=O)N1CCC[C@H](c2nccn2Cc2cscn2)C1. The number of hydrogen-bond acceptors (Lipinski definition) is 5. The van der Waals surface area contributed by atoms with Crippen LogP contribution in [-0.4, -0.2) is 62.3 Å². The van der Waals surface area contributed by atoms with E-state index in [9.17, 15) is 9.59 Å². The minimum Gasteiger partial charge on any atom is -0.342 e. The summed E-state index contributed by atoms with van der Waals surface area (Å²) in [6.45, 7) is 3.58. The first-order valence-electron chi connectivity index (χ1n) is 9.64. The highest BCUT2D eigenvalue weighted by Gasteiger charge is 2.28. The molecular weight excluding hydrogens is 362 g/mol. The molecule has 2 aromatic rings. The van der Waals surface area contributed by atoms with Gasteiger partial charge in [-0.3, -0.25) is 9.59 Å². The van der Waals surface area contributed by atoms with Gasteiger partial charge in [0.1, 0.15) is 5.82 Å². The van der Waals surface area contributed by atoms with Gasteiger partial charge in [0.15, 0.2) is 0 Å². The predicted octanol–water partition coefficient (Wildman–Crippen LogP) is 2.11. The van der Waals surface area contributed by atoms with Gasteiger partial charge in [0, 0.05) is 62.7 Å². The summed E-state index contributed by atoms with van der Waals surface area (Å²) in [7, 11) is 0. The highest BCUT2D eigenvalue weighted by Crippen LogP contribution is 2.27. The van der Waals surface area contributed by atoms with Crippen molar-refractivity contribution in [3.63, 3.8) is 0 Å². The van der Waals surface area contributed by atoms with Crippen LogP contribution in [0.1, 0.15) is 49.5 Å². The Labute approximate surface area is 163 Å². The molecule has 2 fully saturated rings. The standard InChI is InChI=1S/C19H25N5O2S/c25-17-4-2-7-22(17)9-5-18(26)23-8-1-3-15(11-23)19-20-6-10-24(19)12-16-13-27-14-21-16/h6,10,13-15H,1-5,7-9,11-12H2/t15-/m0/s1. The topological polar surface area (TPSA) is 71.3 Å². The zero-order valence-electron chi connectivity index (χ0n) is 15.4. The average molecular weight is 388 g/mol. The Hall–Kier alpha value is -2.22. The Bertz CT molecular complexity index is 788. The van der Waals surface area contributed by atoms with E-state index in [1.165, 1.54) is 0 Å². The van der Waals surface area contributed by atoms with E-state index in [1.807, 2.05) is 27.7 Å². The molecule has 0 saturated carbocycles. The van der Waals surface area contributed by atoms with Crippen LogP contribution < -0.4 is 0 Å². The number of rotatable bonds is 6. The van der Waals surface area contributed by atoms with Crippen molar-refractivity contribution in [3.05, 3.63) is 34.8 Å². The maximum Gasteiger partial charge on any atom is 0.224 e. The Morgan fingerprint density at radius 2 is 2.19 bits per heavy atom. The summed E-state index contributed by atoms with van der Waals surface area (Å²) in [5.41, 5.74) is 2.89. The molecule has 4 heterocycles. The summed E-state index contributed by atoms with van der Waals surface area (Å²) in [6.07, 6.45) is 7.83. The van der Waals surface area contributed by atoms with E-state index in [2.05, 4.69) is 19.9 Å². The first-order chi connectivity index (χ1) is 13.2. The third-order valence-corrected chi connectivity index (χ3v) is 6.10. The first-order valence-corrected chi connectivity index (χ1v) is 10.6. The summed E-state index contributed by atoms with van der Waals surface area (Å²) in [6, 6.07) is 0. The number of carbonyl (C=O) groups excluding carboxylic acids is 2. The maximum absolute atomic E-state index is 12.7. The molecule has 2 aliphatic heterocycles. The third-order valence-electron chi connectivity index (χ3n) is 5.47. The van der Waals surface area contributed by atoms with Gasteiger partial charge in [-0.05, 0) is 19.3 Å². The molecule has 27 heavy (non-hydrogen) atoms. The van der Waals surface area contributed by atoms with E-state index in [-0.39, 0.29) is 17.7 Å². The minimum atomic E-state index is 0.150. The van der Waals surface area contributed by atoms with E-state index < -0.39 is 0 Å². The number of likely N-dealkylation sites (tertiary alicyclic amines) is 2. The van der Waals surface area contributed by atoms with Crippen LogP contribution in [0.4, 0.5) is 0 Å². The third kappa shape index (κ3) is 4.21. The van der Waals surface area contributed by atoms with Crippen LogP contribution in [0, 0.1) is 0 Å². The highest BCUT2D eigenvalue weighted by molar-refractivity contribution is 7.07. The summed E-state index contributed by atoms with van der Waals surface area (Å²) in [5, 5.41) is 2.06. The molecule has 0 spiro atoms. The van der Waals surface area contributed by atoms with E-state index in [0.29, 0.717) is 25.9 Å². The Morgan fingerprint density at radius 1 is 1.26 bits per heavy atom. The lowest BCUT2D eigenvalue weighted by molar-refractivity contribution is -0.133. The van der Waals surface area contributed by atoms with E-state index >= 15 is 0 Å². The number of amides is 2. The van der Waals surface area contributed by atoms with Gasteiger partial charge in [-0.2, -0.15) is 0 Å². The van der Waals surface area contributed by atoms with Gasteiger partial charge in [-0.15, -0.1) is 11.3 Å². The van der Waals surface area contributed by atoms with Crippen LogP contribution >= 0.6 is 11.3 Å². The molecule has 0 radical (unpaired) electrons. The van der Waals surface area contributed by atoms with Crippen molar-refractivity contribution < 1.29 is 9.59 Å². The van der Waals surface area contributed by atoms with Crippen LogP contribution in [0.25, 0.3) is 0 Å². The quantitative estimate of drug-likeness (QED) is 0.761. The fourth-order valence-corrected chi connectivity index (χ4v) is 4.60. The van der Waals surface area contributed by atoms with E-state index in [1.54, 1.807) is 11.3 Å². The lowest BCUT2D eigenvalue weighted by Gasteiger charge is -2.33. The van der Waals surface area contributed by atoms with Crippen molar-refractivity contribution in [2.75, 3.05) is 26.2 Å². The number of hydrogen-bond donors (Lipinski definition) is 0. The van der Waals surface area contributed by atoms with Gasteiger partial charge in [0.2, 0.25) is 11.8 Å². The van der Waals surface area contributed by atoms with Gasteiger partial charge >= 0.3 is 0 Å². The maximum atomic E-state index is 12.7. The van der Waals surface area contributed by atoms with Gasteiger partial charge in [-0.1, -0.05) is 0 Å². The van der Waals surface area contributed by atoms with Crippen molar-refractivity contribution in [2.24, 2.45) is 0 Å². The van der Waals surface area contributed by atoms with Crippen molar-refractivity contribution in [1.82, 2.24) is 24.3 Å². The van der Waals surface area contributed by atoms with Crippen LogP contribution in [0.3, 0.4) is 0 Å². The Kier molecular flexibility index (Phi) is 5.52. The summed E-state index contributed by atoms with van der Waals surface area (Å²) in [4.78, 5) is 37.1. The zero-order chi connectivity index (χ0) is 18.6. The molecule has 0 N–H and O–H groups in total. The van der Waals surface area contributed by atoms with Gasteiger partial charge in [0.05, 0.1) is 17.7 Å². The Morgan fingerprint density at radius 3 is 2.96 bits per heavy atom. The molecule has 4 rings (SSSR count). The lowest BCUT2D eigenvalue weighted by Crippen LogP contribution is -2.41. The molecule has 0 unspecified atom stereocenters. The van der Waals surface area contributed by atoms with Crippen LogP contribution in [-0.2, 0) is 16.1 Å². The predicted molar refractivity (Wildman–Crippen MR) is 102 cm³/mol. The molecule has 2 saturated heterocycles. The first kappa shape index (κ1) is 18.2. The second kappa shape index (κ2) is 8.21. The monoisotopic (exact) mass is 387 g/mol. The number of piperidine rings is 1. The molecule has 8 heteroatoms. The number of thiazole rings is 1. The van der Waals surface area contributed by atoms with Crippen LogP contribution in [0.2, 0.25) is 0 Å². The second-order valence-electron chi connectivity index (χ2n) is 7.31. The Balaban J connectivity index is 1.36. The molecule has 2 amide bonds. The van der Waals surface area contributed by atoms with Gasteiger partial charge < -0.3 is 14.4 Å². The molecule has 144 valence electrons. The molecule has 1 atom stereocenters. The molecule has 0 aliphatic carbocycles. The molecular formula is C19H25N5O2S. The van der Waals surface area contributed by atoms with Gasteiger partial charge in [-0.25, -0.2) is 9.97 Å². The molecule has 0 aromatic carbocycles. The fraction of sp³-hybridized carbons (Fsp3) is 0.579. The number of imidazole rings is 1. The van der Waals surface area contributed by atoms with Crippen molar-refractivity contribution in [1.29, 1.82) is 0 Å². The van der Waals surface area contributed by atoms with Crippen LogP contribution in [0.5, 0.6) is 0 Å². The summed E-state index contributed by atoms with van der Waals surface area (Å²) >= 11 is 1.60. The summed E-state index contributed by atoms with van der Waals surface area (Å²) in [5.74, 6) is 1.63. The second-order valence-corrected chi connectivity index (χ2v) is 8.03. The molecule has 7 nitrogen and oxygen atoms in total. The number of carbonyl (C=O) groups is 2. The molecule has 2 aliphatic rings. The normalized spacial score (nSPS) is 20.4. The highest BCUT2D eigenvalue weighted by atomic mass is 32.1. The minimum absolute atomic E-state index is 0.150. The number of nitrogens with zero attached hydrogens (tertiary/aromatic N) is 5. The molecule has 0 bridgehead atoms. The van der Waals surface area contributed by atoms with Gasteiger partial charge in [0.25, 0.3) is 0 Å². The lowest BCUT2D eigenvalue weighted by atomic mass is 9.96. The van der Waals surface area contributed by atoms with Crippen molar-refractivity contribution in [2.45, 2.75) is 44.6 Å². The summed E-state index contributed by atoms with van der Waals surface area (Å²) < 4.78 is 2.15. The van der Waals surface area contributed by atoms with E-state index in [4.69, 9.17) is 0 Å². The van der Waals surface area contributed by atoms with Crippen LogP contribution in [0.15, 0.2) is 23.3 Å². The fourth-order valence-electron chi connectivity index (χ4n) is 4.05. The van der Waals surface area contributed by atoms with E-state index in [0.717, 1.165) is 50.4 Å². The van der Waals surface area contributed by atoms with Crippen molar-refractivity contribution in [3.8, 4) is 0 Å². The van der Waals surface area contributed by atoms with Crippen molar-refractivity contribution >= 4 is 23.2 Å². The molecule has 2 aromatic heterocycles. The zero-order valence-corrected chi connectivity index (χ0v) is 16.2.